The Morgan fingerprint density at radius 3 is 2.58 bits per heavy atom. The van der Waals surface area contributed by atoms with Crippen LogP contribution in [0.15, 0.2) is 24.3 Å². The maximum atomic E-state index is 12.8. The van der Waals surface area contributed by atoms with Crippen LogP contribution in [0.1, 0.15) is 24.0 Å². The number of β-amino-alcohol motifs (C(OH)–C–C–N with tert-alkyl or cyclic N) is 1. The first kappa shape index (κ1) is 19.0. The molecular weight excluding hydrogens is 345 g/mol. The lowest BCUT2D eigenvalue weighted by molar-refractivity contribution is -0.137. The number of carbonyl (C=O) groups is 1. The van der Waals surface area contributed by atoms with Gasteiger partial charge in [0.25, 0.3) is 0 Å². The van der Waals surface area contributed by atoms with Crippen molar-refractivity contribution >= 4 is 18.3 Å². The summed E-state index contributed by atoms with van der Waals surface area (Å²) in [4.78, 5) is 12.5. The third-order valence-electron chi connectivity index (χ3n) is 4.76. The number of aliphatic hydroxyl groups is 1. The summed E-state index contributed by atoms with van der Waals surface area (Å²) in [5.41, 5.74) is -1.17. The molecule has 3 N–H and O–H groups in total. The predicted molar refractivity (Wildman–Crippen MR) is 85.0 cm³/mol. The van der Waals surface area contributed by atoms with Crippen LogP contribution in [0.25, 0.3) is 0 Å². The van der Waals surface area contributed by atoms with Gasteiger partial charge in [-0.25, -0.2) is 0 Å². The smallest absolute Gasteiger partial charge is 0.391 e. The van der Waals surface area contributed by atoms with Gasteiger partial charge < -0.3 is 15.7 Å². The molecule has 1 aromatic rings. The Morgan fingerprint density at radius 2 is 2.04 bits per heavy atom. The fourth-order valence-corrected chi connectivity index (χ4v) is 3.09. The van der Waals surface area contributed by atoms with E-state index in [0.717, 1.165) is 12.1 Å². The molecule has 2 fully saturated rings. The monoisotopic (exact) mass is 364 g/mol. The lowest BCUT2D eigenvalue weighted by Crippen LogP contribution is -2.40. The molecule has 2 aliphatic rings. The van der Waals surface area contributed by atoms with Crippen molar-refractivity contribution in [3.8, 4) is 0 Å². The normalized spacial score (nSPS) is 25.0. The molecule has 24 heavy (non-hydrogen) atoms. The number of carbonyl (C=O) groups excluding carboxylic acids is 1. The molecule has 1 aliphatic heterocycles. The first-order chi connectivity index (χ1) is 10.8. The van der Waals surface area contributed by atoms with Crippen molar-refractivity contribution in [2.75, 3.05) is 19.6 Å². The highest BCUT2D eigenvalue weighted by atomic mass is 35.5. The highest BCUT2D eigenvalue weighted by molar-refractivity contribution is 5.91. The molecular formula is C16H20ClF3N2O2. The third kappa shape index (κ3) is 3.68. The highest BCUT2D eigenvalue weighted by Crippen LogP contribution is 2.49. The minimum absolute atomic E-state index is 0. The zero-order valence-electron chi connectivity index (χ0n) is 12.9. The van der Waals surface area contributed by atoms with E-state index in [9.17, 15) is 23.1 Å². The lowest BCUT2D eigenvalue weighted by Gasteiger charge is -2.20. The largest absolute Gasteiger partial charge is 0.416 e. The maximum Gasteiger partial charge on any atom is 0.416 e. The molecule has 1 saturated heterocycles. The van der Waals surface area contributed by atoms with Gasteiger partial charge in [-0.1, -0.05) is 18.2 Å². The summed E-state index contributed by atoms with van der Waals surface area (Å²) < 4.78 is 38.5. The van der Waals surface area contributed by atoms with Gasteiger partial charge in [-0.05, 0) is 24.5 Å². The Bertz CT molecular complexity index is 605. The standard InChI is InChI=1S/C16H19F3N2O2.ClH/c17-16(18,19)12-3-1-2-11(6-12)15(4-5-15)14(23)21-8-10-7-20-9-13(10)22;/h1-3,6,10,13,20,22H,4-5,7-9H2,(H,21,23);1H. The van der Waals surface area contributed by atoms with Gasteiger partial charge in [-0.15, -0.1) is 12.4 Å². The summed E-state index contributed by atoms with van der Waals surface area (Å²) in [6.07, 6.45) is -3.82. The van der Waals surface area contributed by atoms with Gasteiger partial charge in [0.1, 0.15) is 0 Å². The second-order valence-corrected chi connectivity index (χ2v) is 6.36. The van der Waals surface area contributed by atoms with E-state index in [2.05, 4.69) is 10.6 Å². The van der Waals surface area contributed by atoms with Crippen LogP contribution in [-0.2, 0) is 16.4 Å². The average molecular weight is 365 g/mol. The van der Waals surface area contributed by atoms with Crippen LogP contribution in [0.2, 0.25) is 0 Å². The minimum Gasteiger partial charge on any atom is -0.391 e. The zero-order valence-corrected chi connectivity index (χ0v) is 13.7. The molecule has 2 unspecified atom stereocenters. The van der Waals surface area contributed by atoms with E-state index in [4.69, 9.17) is 0 Å². The number of alkyl halides is 3. The third-order valence-corrected chi connectivity index (χ3v) is 4.76. The number of hydrogen-bond acceptors (Lipinski definition) is 3. The van der Waals surface area contributed by atoms with E-state index >= 15 is 0 Å². The van der Waals surface area contributed by atoms with Crippen LogP contribution >= 0.6 is 12.4 Å². The molecule has 3 rings (SSSR count). The summed E-state index contributed by atoms with van der Waals surface area (Å²) in [5, 5.41) is 15.5. The number of aliphatic hydroxyl groups excluding tert-OH is 1. The summed E-state index contributed by atoms with van der Waals surface area (Å²) in [5.74, 6) is -0.313. The number of amides is 1. The fourth-order valence-electron chi connectivity index (χ4n) is 3.09. The zero-order chi connectivity index (χ0) is 16.7. The average Bonchev–Trinajstić information content (AvgIpc) is 3.22. The topological polar surface area (TPSA) is 61.4 Å². The molecule has 1 aromatic carbocycles. The van der Waals surface area contributed by atoms with Crippen molar-refractivity contribution in [3.63, 3.8) is 0 Å². The van der Waals surface area contributed by atoms with E-state index < -0.39 is 23.3 Å². The van der Waals surface area contributed by atoms with Crippen molar-refractivity contribution in [3.05, 3.63) is 35.4 Å². The van der Waals surface area contributed by atoms with Crippen LogP contribution in [0, 0.1) is 5.92 Å². The van der Waals surface area contributed by atoms with Gasteiger partial charge >= 0.3 is 6.18 Å². The van der Waals surface area contributed by atoms with Crippen LogP contribution in [0.4, 0.5) is 13.2 Å². The van der Waals surface area contributed by atoms with E-state index in [1.807, 2.05) is 0 Å². The van der Waals surface area contributed by atoms with E-state index in [-0.39, 0.29) is 24.2 Å². The Hall–Kier alpha value is -1.31. The summed E-state index contributed by atoms with van der Waals surface area (Å²) in [7, 11) is 0. The van der Waals surface area contributed by atoms with Crippen molar-refractivity contribution in [2.45, 2.75) is 30.5 Å². The van der Waals surface area contributed by atoms with Crippen LogP contribution in [-0.4, -0.2) is 36.8 Å². The van der Waals surface area contributed by atoms with Gasteiger partial charge in [0.05, 0.1) is 17.1 Å². The van der Waals surface area contributed by atoms with E-state index in [0.29, 0.717) is 38.0 Å². The summed E-state index contributed by atoms with van der Waals surface area (Å²) in [6.45, 7) is 1.45. The van der Waals surface area contributed by atoms with Crippen molar-refractivity contribution in [2.24, 2.45) is 5.92 Å². The molecule has 1 saturated carbocycles. The van der Waals surface area contributed by atoms with Gasteiger partial charge in [0.15, 0.2) is 0 Å². The first-order valence-corrected chi connectivity index (χ1v) is 7.68. The molecule has 0 bridgehead atoms. The summed E-state index contributed by atoms with van der Waals surface area (Å²) in [6, 6.07) is 5.00. The van der Waals surface area contributed by atoms with Gasteiger partial charge in [-0.3, -0.25) is 4.79 Å². The van der Waals surface area contributed by atoms with Gasteiger partial charge in [0, 0.05) is 25.6 Å². The van der Waals surface area contributed by atoms with Gasteiger partial charge in [-0.2, -0.15) is 13.2 Å². The maximum absolute atomic E-state index is 12.8. The number of rotatable bonds is 4. The molecule has 8 heteroatoms. The molecule has 0 radical (unpaired) electrons. The van der Waals surface area contributed by atoms with E-state index in [1.54, 1.807) is 6.07 Å². The molecule has 134 valence electrons. The molecule has 2 atom stereocenters. The Morgan fingerprint density at radius 1 is 1.33 bits per heavy atom. The molecule has 1 heterocycles. The number of nitrogens with one attached hydrogen (secondary N) is 2. The Balaban J connectivity index is 0.00000208. The lowest BCUT2D eigenvalue weighted by atomic mass is 9.93. The second kappa shape index (κ2) is 6.90. The van der Waals surface area contributed by atoms with Crippen molar-refractivity contribution in [1.29, 1.82) is 0 Å². The molecule has 0 spiro atoms. The first-order valence-electron chi connectivity index (χ1n) is 7.68. The Labute approximate surface area is 144 Å². The summed E-state index contributed by atoms with van der Waals surface area (Å²) >= 11 is 0. The van der Waals surface area contributed by atoms with Crippen molar-refractivity contribution < 1.29 is 23.1 Å². The molecule has 1 aliphatic carbocycles. The van der Waals surface area contributed by atoms with Gasteiger partial charge in [0.2, 0.25) is 5.91 Å². The quantitative estimate of drug-likeness (QED) is 0.764. The predicted octanol–water partition coefficient (Wildman–Crippen LogP) is 1.86. The highest BCUT2D eigenvalue weighted by Gasteiger charge is 2.51. The number of hydrogen-bond donors (Lipinski definition) is 3. The van der Waals surface area contributed by atoms with Crippen LogP contribution in [0.3, 0.4) is 0 Å². The number of halogens is 4. The fraction of sp³-hybridized carbons (Fsp3) is 0.562. The van der Waals surface area contributed by atoms with Crippen LogP contribution in [0.5, 0.6) is 0 Å². The van der Waals surface area contributed by atoms with Crippen LogP contribution < -0.4 is 10.6 Å². The SMILES string of the molecule is Cl.O=C(NCC1CNCC1O)C1(c2cccc(C(F)(F)F)c2)CC1. The van der Waals surface area contributed by atoms with Crippen molar-refractivity contribution in [1.82, 2.24) is 10.6 Å². The molecule has 4 nitrogen and oxygen atoms in total. The van der Waals surface area contributed by atoms with E-state index in [1.165, 1.54) is 6.07 Å². The second-order valence-electron chi connectivity index (χ2n) is 6.36. The molecule has 0 aromatic heterocycles. The molecule has 1 amide bonds. The number of benzene rings is 1. The minimum atomic E-state index is -4.41. The Kier molecular flexibility index (Phi) is 5.47.